The molecule has 0 radical (unpaired) electrons. The summed E-state index contributed by atoms with van der Waals surface area (Å²) >= 11 is 1.67. The third kappa shape index (κ3) is 8.52. The van der Waals surface area contributed by atoms with Gasteiger partial charge in [0.1, 0.15) is 10.8 Å². The summed E-state index contributed by atoms with van der Waals surface area (Å²) < 4.78 is 12.9. The molecule has 0 saturated carbocycles. The van der Waals surface area contributed by atoms with Crippen molar-refractivity contribution in [3.63, 3.8) is 0 Å². The van der Waals surface area contributed by atoms with Crippen LogP contribution >= 0.6 is 35.3 Å². The van der Waals surface area contributed by atoms with E-state index >= 15 is 0 Å². The lowest BCUT2D eigenvalue weighted by molar-refractivity contribution is 0.331. The standard InChI is InChI=1S/C19H28FN5S.HI/c1-14(2)17-13-26-18(24-17)11-23-19(21-3)22-9-10-25(4)12-15-5-7-16(20)8-6-15;/h5-8,13-14H,9-12H2,1-4H3,(H2,21,22,23);1H. The Hall–Kier alpha value is -1.26. The number of nitrogens with one attached hydrogen (secondary N) is 2. The second kappa shape index (κ2) is 12.2. The zero-order valence-corrected chi connectivity index (χ0v) is 19.5. The van der Waals surface area contributed by atoms with Crippen LogP contribution in [0.5, 0.6) is 0 Å². The third-order valence-electron chi connectivity index (χ3n) is 3.94. The van der Waals surface area contributed by atoms with E-state index in [0.29, 0.717) is 12.5 Å². The zero-order chi connectivity index (χ0) is 18.9. The largest absolute Gasteiger partial charge is 0.355 e. The quantitative estimate of drug-likeness (QED) is 0.326. The Kier molecular flexibility index (Phi) is 10.8. The maximum absolute atomic E-state index is 12.9. The molecular formula is C19H29FIN5S. The molecule has 0 unspecified atom stereocenters. The molecule has 5 nitrogen and oxygen atoms in total. The van der Waals surface area contributed by atoms with Gasteiger partial charge in [-0.3, -0.25) is 4.99 Å². The molecule has 1 aromatic heterocycles. The fraction of sp³-hybridized carbons (Fsp3) is 0.474. The van der Waals surface area contributed by atoms with Crippen LogP contribution in [0.1, 0.15) is 36.0 Å². The van der Waals surface area contributed by atoms with E-state index in [2.05, 4.69) is 44.7 Å². The minimum absolute atomic E-state index is 0. The first kappa shape index (κ1) is 23.8. The molecule has 0 atom stereocenters. The van der Waals surface area contributed by atoms with Crippen molar-refractivity contribution in [1.29, 1.82) is 0 Å². The van der Waals surface area contributed by atoms with Gasteiger partial charge in [-0.05, 0) is 30.7 Å². The molecule has 2 N–H and O–H groups in total. The Morgan fingerprint density at radius 2 is 1.96 bits per heavy atom. The van der Waals surface area contributed by atoms with E-state index in [1.165, 1.54) is 12.1 Å². The van der Waals surface area contributed by atoms with E-state index in [-0.39, 0.29) is 29.8 Å². The lowest BCUT2D eigenvalue weighted by atomic mass is 10.2. The van der Waals surface area contributed by atoms with Crippen LogP contribution in [0.15, 0.2) is 34.6 Å². The van der Waals surface area contributed by atoms with Crippen molar-refractivity contribution in [2.75, 3.05) is 27.2 Å². The molecule has 0 saturated heterocycles. The summed E-state index contributed by atoms with van der Waals surface area (Å²) in [6.07, 6.45) is 0. The Morgan fingerprint density at radius 1 is 1.26 bits per heavy atom. The van der Waals surface area contributed by atoms with Crippen LogP contribution in [0.25, 0.3) is 0 Å². The smallest absolute Gasteiger partial charge is 0.191 e. The van der Waals surface area contributed by atoms with Crippen LogP contribution in [0, 0.1) is 5.82 Å². The highest BCUT2D eigenvalue weighted by Gasteiger charge is 2.07. The second-order valence-corrected chi connectivity index (χ2v) is 7.48. The molecule has 8 heteroatoms. The van der Waals surface area contributed by atoms with Crippen molar-refractivity contribution in [3.8, 4) is 0 Å². The molecule has 0 aliphatic heterocycles. The Labute approximate surface area is 182 Å². The first-order valence-electron chi connectivity index (χ1n) is 8.79. The molecule has 0 amide bonds. The summed E-state index contributed by atoms with van der Waals surface area (Å²) in [5.41, 5.74) is 2.23. The summed E-state index contributed by atoms with van der Waals surface area (Å²) in [5.74, 6) is 1.02. The highest BCUT2D eigenvalue weighted by Crippen LogP contribution is 2.17. The number of benzene rings is 1. The summed E-state index contributed by atoms with van der Waals surface area (Å²) in [7, 11) is 3.81. The number of guanidine groups is 1. The minimum Gasteiger partial charge on any atom is -0.355 e. The van der Waals surface area contributed by atoms with Crippen LogP contribution in [-0.2, 0) is 13.1 Å². The van der Waals surface area contributed by atoms with Crippen molar-refractivity contribution in [1.82, 2.24) is 20.5 Å². The number of rotatable bonds is 8. The summed E-state index contributed by atoms with van der Waals surface area (Å²) in [6, 6.07) is 6.63. The molecule has 2 aromatic rings. The van der Waals surface area contributed by atoms with Crippen molar-refractivity contribution in [3.05, 3.63) is 51.7 Å². The number of hydrogen-bond acceptors (Lipinski definition) is 4. The SMILES string of the molecule is CN=C(NCCN(C)Cc1ccc(F)cc1)NCc1nc(C(C)C)cs1.I. The monoisotopic (exact) mass is 505 g/mol. The number of likely N-dealkylation sites (N-methyl/N-ethyl adjacent to an activating group) is 1. The fourth-order valence-corrected chi connectivity index (χ4v) is 3.29. The van der Waals surface area contributed by atoms with Crippen molar-refractivity contribution in [2.24, 2.45) is 4.99 Å². The molecule has 1 heterocycles. The normalized spacial score (nSPS) is 11.6. The number of aliphatic imine (C=N–C) groups is 1. The molecule has 0 aliphatic carbocycles. The van der Waals surface area contributed by atoms with Gasteiger partial charge >= 0.3 is 0 Å². The predicted octanol–water partition coefficient (Wildman–Crippen LogP) is 3.82. The highest BCUT2D eigenvalue weighted by atomic mass is 127. The number of thiazole rings is 1. The molecule has 0 spiro atoms. The molecule has 27 heavy (non-hydrogen) atoms. The number of nitrogens with zero attached hydrogens (tertiary/aromatic N) is 3. The van der Waals surface area contributed by atoms with E-state index in [0.717, 1.165) is 41.9 Å². The van der Waals surface area contributed by atoms with Gasteiger partial charge < -0.3 is 15.5 Å². The Morgan fingerprint density at radius 3 is 2.56 bits per heavy atom. The highest BCUT2D eigenvalue weighted by molar-refractivity contribution is 14.0. The van der Waals surface area contributed by atoms with Gasteiger partial charge in [0, 0.05) is 32.1 Å². The Balaban J connectivity index is 0.00000364. The molecular weight excluding hydrogens is 476 g/mol. The first-order chi connectivity index (χ1) is 12.5. The van der Waals surface area contributed by atoms with Gasteiger partial charge in [-0.15, -0.1) is 35.3 Å². The van der Waals surface area contributed by atoms with Gasteiger partial charge in [0.05, 0.1) is 12.2 Å². The lowest BCUT2D eigenvalue weighted by Crippen LogP contribution is -2.40. The van der Waals surface area contributed by atoms with E-state index in [9.17, 15) is 4.39 Å². The topological polar surface area (TPSA) is 52.6 Å². The summed E-state index contributed by atoms with van der Waals surface area (Å²) in [4.78, 5) is 11.0. The maximum atomic E-state index is 12.9. The van der Waals surface area contributed by atoms with Gasteiger partial charge in [0.15, 0.2) is 5.96 Å². The van der Waals surface area contributed by atoms with Crippen molar-refractivity contribution < 1.29 is 4.39 Å². The van der Waals surface area contributed by atoms with Crippen molar-refractivity contribution in [2.45, 2.75) is 32.9 Å². The molecule has 150 valence electrons. The molecule has 0 bridgehead atoms. The van der Waals surface area contributed by atoms with Gasteiger partial charge in [0.25, 0.3) is 0 Å². The minimum atomic E-state index is -0.200. The average molecular weight is 505 g/mol. The lowest BCUT2D eigenvalue weighted by Gasteiger charge is -2.18. The van der Waals surface area contributed by atoms with E-state index in [4.69, 9.17) is 0 Å². The van der Waals surface area contributed by atoms with Crippen LogP contribution in [0.3, 0.4) is 0 Å². The molecule has 2 rings (SSSR count). The van der Waals surface area contributed by atoms with Gasteiger partial charge in [-0.1, -0.05) is 26.0 Å². The summed E-state index contributed by atoms with van der Waals surface area (Å²) in [6.45, 7) is 7.37. The predicted molar refractivity (Wildman–Crippen MR) is 123 cm³/mol. The fourth-order valence-electron chi connectivity index (χ4n) is 2.40. The molecule has 0 fully saturated rings. The average Bonchev–Trinajstić information content (AvgIpc) is 3.09. The van der Waals surface area contributed by atoms with E-state index < -0.39 is 0 Å². The summed E-state index contributed by atoms with van der Waals surface area (Å²) in [5, 5.41) is 9.78. The second-order valence-electron chi connectivity index (χ2n) is 6.54. The molecule has 1 aromatic carbocycles. The number of hydrogen-bond donors (Lipinski definition) is 2. The molecule has 0 aliphatic rings. The zero-order valence-electron chi connectivity index (χ0n) is 16.3. The van der Waals surface area contributed by atoms with Gasteiger partial charge in [-0.25, -0.2) is 9.37 Å². The maximum Gasteiger partial charge on any atom is 0.191 e. The van der Waals surface area contributed by atoms with Crippen LogP contribution in [-0.4, -0.2) is 43.0 Å². The van der Waals surface area contributed by atoms with Gasteiger partial charge in [-0.2, -0.15) is 0 Å². The van der Waals surface area contributed by atoms with Crippen LogP contribution < -0.4 is 10.6 Å². The number of halogens is 2. The first-order valence-corrected chi connectivity index (χ1v) is 9.67. The van der Waals surface area contributed by atoms with E-state index in [1.54, 1.807) is 18.4 Å². The van der Waals surface area contributed by atoms with Crippen molar-refractivity contribution >= 4 is 41.3 Å². The third-order valence-corrected chi connectivity index (χ3v) is 4.81. The van der Waals surface area contributed by atoms with Crippen LogP contribution in [0.2, 0.25) is 0 Å². The number of aromatic nitrogens is 1. The van der Waals surface area contributed by atoms with Crippen LogP contribution in [0.4, 0.5) is 4.39 Å². The van der Waals surface area contributed by atoms with Gasteiger partial charge in [0.2, 0.25) is 0 Å². The van der Waals surface area contributed by atoms with E-state index in [1.807, 2.05) is 19.2 Å². The Bertz CT molecular complexity index is 702.